The summed E-state index contributed by atoms with van der Waals surface area (Å²) >= 11 is 0. The summed E-state index contributed by atoms with van der Waals surface area (Å²) in [4.78, 5) is 4.17. The molecule has 1 unspecified atom stereocenters. The molecule has 5 nitrogen and oxygen atoms in total. The zero-order valence-electron chi connectivity index (χ0n) is 9.07. The fourth-order valence-corrected chi connectivity index (χ4v) is 1.50. The summed E-state index contributed by atoms with van der Waals surface area (Å²) in [5, 5.41) is 4.02. The van der Waals surface area contributed by atoms with Crippen LogP contribution in [0.15, 0.2) is 6.33 Å². The Hall–Kier alpha value is -0.940. The van der Waals surface area contributed by atoms with Gasteiger partial charge in [0.25, 0.3) is 0 Å². The van der Waals surface area contributed by atoms with Gasteiger partial charge in [-0.3, -0.25) is 16.0 Å². The standard InChI is InChI=1S/C9H19N5/c1-7(2)4-8(13-10)5-9-11-6-12-14(9)3/h6-8,13H,4-5,10H2,1-3H3. The largest absolute Gasteiger partial charge is 0.271 e. The van der Waals surface area contributed by atoms with E-state index < -0.39 is 0 Å². The topological polar surface area (TPSA) is 68.8 Å². The average Bonchev–Trinajstić information content (AvgIpc) is 2.50. The van der Waals surface area contributed by atoms with E-state index in [-0.39, 0.29) is 6.04 Å². The first-order valence-electron chi connectivity index (χ1n) is 4.92. The van der Waals surface area contributed by atoms with E-state index in [1.54, 1.807) is 11.0 Å². The molecule has 1 heterocycles. The molecule has 80 valence electrons. The van der Waals surface area contributed by atoms with Crippen molar-refractivity contribution in [3.8, 4) is 0 Å². The van der Waals surface area contributed by atoms with Crippen molar-refractivity contribution in [3.63, 3.8) is 0 Å². The number of rotatable bonds is 5. The van der Waals surface area contributed by atoms with E-state index in [1.807, 2.05) is 7.05 Å². The summed E-state index contributed by atoms with van der Waals surface area (Å²) in [5.41, 5.74) is 2.82. The van der Waals surface area contributed by atoms with E-state index >= 15 is 0 Å². The molecule has 0 aromatic carbocycles. The SMILES string of the molecule is CC(C)CC(Cc1ncnn1C)NN. The Balaban J connectivity index is 2.52. The Kier molecular flexibility index (Phi) is 4.03. The number of hydrazine groups is 1. The van der Waals surface area contributed by atoms with E-state index in [0.29, 0.717) is 5.92 Å². The van der Waals surface area contributed by atoms with Crippen molar-refractivity contribution in [1.82, 2.24) is 20.2 Å². The predicted octanol–water partition coefficient (Wildman–Crippen LogP) is 0.236. The lowest BCUT2D eigenvalue weighted by molar-refractivity contribution is 0.412. The summed E-state index contributed by atoms with van der Waals surface area (Å²) in [6.07, 6.45) is 3.44. The van der Waals surface area contributed by atoms with Gasteiger partial charge in [0.1, 0.15) is 12.2 Å². The van der Waals surface area contributed by atoms with Gasteiger partial charge in [-0.15, -0.1) is 0 Å². The summed E-state index contributed by atoms with van der Waals surface area (Å²) in [6, 6.07) is 0.276. The van der Waals surface area contributed by atoms with Gasteiger partial charge < -0.3 is 0 Å². The minimum atomic E-state index is 0.276. The second-order valence-electron chi connectivity index (χ2n) is 4.00. The molecule has 1 atom stereocenters. The number of nitrogens with zero attached hydrogens (tertiary/aromatic N) is 3. The van der Waals surface area contributed by atoms with Gasteiger partial charge in [-0.1, -0.05) is 13.8 Å². The van der Waals surface area contributed by atoms with Crippen LogP contribution < -0.4 is 11.3 Å². The molecule has 0 saturated carbocycles. The molecule has 0 aliphatic rings. The van der Waals surface area contributed by atoms with Crippen LogP contribution in [-0.2, 0) is 13.5 Å². The molecule has 1 aromatic rings. The molecule has 1 rings (SSSR count). The van der Waals surface area contributed by atoms with Gasteiger partial charge in [0, 0.05) is 19.5 Å². The number of aromatic nitrogens is 3. The minimum Gasteiger partial charge on any atom is -0.271 e. The van der Waals surface area contributed by atoms with Crippen molar-refractivity contribution in [2.24, 2.45) is 18.8 Å². The normalized spacial score (nSPS) is 13.5. The number of hydrogen-bond donors (Lipinski definition) is 2. The van der Waals surface area contributed by atoms with Crippen molar-refractivity contribution in [2.75, 3.05) is 0 Å². The quantitative estimate of drug-likeness (QED) is 0.524. The van der Waals surface area contributed by atoms with Crippen LogP contribution in [-0.4, -0.2) is 20.8 Å². The molecule has 1 aromatic heterocycles. The fourth-order valence-electron chi connectivity index (χ4n) is 1.50. The summed E-state index contributed by atoms with van der Waals surface area (Å²) in [5.74, 6) is 7.08. The van der Waals surface area contributed by atoms with Crippen molar-refractivity contribution in [3.05, 3.63) is 12.2 Å². The monoisotopic (exact) mass is 197 g/mol. The molecule has 0 amide bonds. The Morgan fingerprint density at radius 3 is 2.71 bits per heavy atom. The lowest BCUT2D eigenvalue weighted by Crippen LogP contribution is -2.38. The van der Waals surface area contributed by atoms with Gasteiger partial charge >= 0.3 is 0 Å². The smallest absolute Gasteiger partial charge is 0.138 e. The minimum absolute atomic E-state index is 0.276. The molecule has 5 heteroatoms. The molecule has 0 fully saturated rings. The summed E-state index contributed by atoms with van der Waals surface area (Å²) in [6.45, 7) is 4.36. The number of nitrogens with two attached hydrogens (primary N) is 1. The van der Waals surface area contributed by atoms with Gasteiger partial charge in [-0.25, -0.2) is 4.98 Å². The fraction of sp³-hybridized carbons (Fsp3) is 0.778. The Morgan fingerprint density at radius 2 is 2.29 bits per heavy atom. The molecular weight excluding hydrogens is 178 g/mol. The highest BCUT2D eigenvalue weighted by atomic mass is 15.3. The number of nitrogens with one attached hydrogen (secondary N) is 1. The molecule has 0 spiro atoms. The number of aryl methyl sites for hydroxylation is 1. The van der Waals surface area contributed by atoms with Gasteiger partial charge in [0.2, 0.25) is 0 Å². The van der Waals surface area contributed by atoms with E-state index in [2.05, 4.69) is 29.4 Å². The Labute approximate surface area is 84.7 Å². The van der Waals surface area contributed by atoms with Crippen LogP contribution >= 0.6 is 0 Å². The van der Waals surface area contributed by atoms with Gasteiger partial charge in [-0.2, -0.15) is 5.10 Å². The van der Waals surface area contributed by atoms with E-state index in [0.717, 1.165) is 18.7 Å². The van der Waals surface area contributed by atoms with Crippen LogP contribution in [0.2, 0.25) is 0 Å². The van der Waals surface area contributed by atoms with Gasteiger partial charge in [0.05, 0.1) is 0 Å². The van der Waals surface area contributed by atoms with Gasteiger partial charge in [-0.05, 0) is 12.3 Å². The summed E-state index contributed by atoms with van der Waals surface area (Å²) < 4.78 is 1.78. The van der Waals surface area contributed by atoms with Crippen LogP contribution in [0.4, 0.5) is 0 Å². The lowest BCUT2D eigenvalue weighted by atomic mass is 10.0. The molecule has 0 aliphatic carbocycles. The van der Waals surface area contributed by atoms with Crippen molar-refractivity contribution < 1.29 is 0 Å². The highest BCUT2D eigenvalue weighted by Gasteiger charge is 2.12. The van der Waals surface area contributed by atoms with Crippen molar-refractivity contribution in [1.29, 1.82) is 0 Å². The van der Waals surface area contributed by atoms with E-state index in [1.165, 1.54) is 0 Å². The molecule has 14 heavy (non-hydrogen) atoms. The maximum atomic E-state index is 5.48. The third kappa shape index (κ3) is 3.08. The predicted molar refractivity (Wildman–Crippen MR) is 55.3 cm³/mol. The maximum absolute atomic E-state index is 5.48. The average molecular weight is 197 g/mol. The van der Waals surface area contributed by atoms with Crippen molar-refractivity contribution >= 4 is 0 Å². The Bertz CT molecular complexity index is 268. The van der Waals surface area contributed by atoms with E-state index in [9.17, 15) is 0 Å². The molecular formula is C9H19N5. The van der Waals surface area contributed by atoms with Gasteiger partial charge in [0.15, 0.2) is 0 Å². The van der Waals surface area contributed by atoms with Crippen LogP contribution in [0.5, 0.6) is 0 Å². The molecule has 0 aliphatic heterocycles. The van der Waals surface area contributed by atoms with Crippen molar-refractivity contribution in [2.45, 2.75) is 32.7 Å². The maximum Gasteiger partial charge on any atom is 0.138 e. The lowest BCUT2D eigenvalue weighted by Gasteiger charge is -2.17. The number of hydrogen-bond acceptors (Lipinski definition) is 4. The second kappa shape index (κ2) is 5.07. The van der Waals surface area contributed by atoms with E-state index in [4.69, 9.17) is 5.84 Å². The first-order valence-corrected chi connectivity index (χ1v) is 4.92. The zero-order valence-corrected chi connectivity index (χ0v) is 9.07. The molecule has 0 bridgehead atoms. The van der Waals surface area contributed by atoms with Crippen LogP contribution in [0.25, 0.3) is 0 Å². The Morgan fingerprint density at radius 1 is 1.57 bits per heavy atom. The second-order valence-corrected chi connectivity index (χ2v) is 4.00. The van der Waals surface area contributed by atoms with Crippen LogP contribution in [0.1, 0.15) is 26.1 Å². The zero-order chi connectivity index (χ0) is 10.6. The first-order chi connectivity index (χ1) is 6.63. The van der Waals surface area contributed by atoms with Crippen LogP contribution in [0.3, 0.4) is 0 Å². The molecule has 0 saturated heterocycles. The van der Waals surface area contributed by atoms with Crippen LogP contribution in [0, 0.1) is 5.92 Å². The highest BCUT2D eigenvalue weighted by molar-refractivity contribution is 4.88. The first kappa shape index (κ1) is 11.1. The molecule has 3 N–H and O–H groups in total. The highest BCUT2D eigenvalue weighted by Crippen LogP contribution is 2.08. The third-order valence-corrected chi connectivity index (χ3v) is 2.23. The summed E-state index contributed by atoms with van der Waals surface area (Å²) in [7, 11) is 1.89. The molecule has 0 radical (unpaired) electrons. The third-order valence-electron chi connectivity index (χ3n) is 2.23.